The summed E-state index contributed by atoms with van der Waals surface area (Å²) in [6.07, 6.45) is 0. The van der Waals surface area contributed by atoms with Crippen LogP contribution in [0.25, 0.3) is 11.1 Å². The van der Waals surface area contributed by atoms with Crippen molar-refractivity contribution in [2.75, 3.05) is 0 Å². The van der Waals surface area contributed by atoms with Crippen molar-refractivity contribution >= 4 is 7.82 Å². The molecule has 0 atom stereocenters. The number of hydrogen-bond acceptors (Lipinski definition) is 4. The molecule has 0 radical (unpaired) electrons. The van der Waals surface area contributed by atoms with Crippen LogP contribution >= 0.6 is 7.82 Å². The predicted octanol–water partition coefficient (Wildman–Crippen LogP) is -5.25. The summed E-state index contributed by atoms with van der Waals surface area (Å²) in [6.45, 7) is 18.1. The van der Waals surface area contributed by atoms with Crippen molar-refractivity contribution in [3.63, 3.8) is 0 Å². The number of rotatable bonds is 1. The molecule has 0 heterocycles. The zero-order valence-electron chi connectivity index (χ0n) is 20.5. The maximum atomic E-state index is 8.55. The third-order valence-corrected chi connectivity index (χ3v) is 4.31. The molecule has 30 heavy (non-hydrogen) atoms. The zero-order valence-corrected chi connectivity index (χ0v) is 27.4. The van der Waals surface area contributed by atoms with Gasteiger partial charge in [-0.25, -0.2) is 0 Å². The summed E-state index contributed by atoms with van der Waals surface area (Å²) in [5, 5.41) is 0. The average Bonchev–Trinajstić information content (AvgIpc) is 2.42. The molecule has 0 fully saturated rings. The molecule has 0 spiro atoms. The fourth-order valence-corrected chi connectivity index (χ4v) is 3.07. The Kier molecular flexibility index (Phi) is 16.9. The normalized spacial score (nSPS) is 11.2. The van der Waals surface area contributed by atoms with Gasteiger partial charge in [-0.15, -0.1) is 0 Å². The van der Waals surface area contributed by atoms with Gasteiger partial charge in [0.1, 0.15) is 0 Å². The summed E-state index contributed by atoms with van der Waals surface area (Å²) in [5.74, 6) is 0. The Balaban J connectivity index is -0.000000819. The van der Waals surface area contributed by atoms with Crippen LogP contribution in [-0.4, -0.2) is 0 Å². The quantitative estimate of drug-likeness (QED) is 0.316. The second kappa shape index (κ2) is 14.1. The fourth-order valence-electron chi connectivity index (χ4n) is 3.07. The molecular formula is C22H30Na3O4P. The predicted molar refractivity (Wildman–Crippen MR) is 106 cm³/mol. The maximum absolute atomic E-state index is 8.55. The van der Waals surface area contributed by atoms with Gasteiger partial charge in [-0.2, -0.15) is 7.82 Å². The van der Waals surface area contributed by atoms with Crippen LogP contribution < -0.4 is 103 Å². The number of phosphoric acid groups is 1. The van der Waals surface area contributed by atoms with Crippen molar-refractivity contribution in [1.82, 2.24) is 0 Å². The van der Waals surface area contributed by atoms with E-state index in [2.05, 4.69) is 91.8 Å². The maximum Gasteiger partial charge on any atom is 1.00 e. The van der Waals surface area contributed by atoms with E-state index in [1.54, 1.807) is 0 Å². The second-order valence-electron chi connectivity index (χ2n) is 9.06. The summed E-state index contributed by atoms with van der Waals surface area (Å²) in [7, 11) is -5.39. The first-order valence-corrected chi connectivity index (χ1v) is 10.4. The van der Waals surface area contributed by atoms with Gasteiger partial charge in [-0.3, -0.25) is 0 Å². The molecule has 0 saturated heterocycles. The van der Waals surface area contributed by atoms with E-state index in [1.165, 1.54) is 33.4 Å². The number of hydrogen-bond donors (Lipinski definition) is 0. The summed E-state index contributed by atoms with van der Waals surface area (Å²) >= 11 is 0. The summed E-state index contributed by atoms with van der Waals surface area (Å²) in [6, 6.07) is 13.8. The van der Waals surface area contributed by atoms with Crippen LogP contribution in [0.15, 0.2) is 36.4 Å². The van der Waals surface area contributed by atoms with E-state index in [9.17, 15) is 0 Å². The van der Waals surface area contributed by atoms with Crippen LogP contribution in [0.4, 0.5) is 0 Å². The molecular weight excluding hydrogens is 428 g/mol. The molecule has 0 aliphatic rings. The number of benzene rings is 2. The summed E-state index contributed by atoms with van der Waals surface area (Å²) < 4.78 is 8.55. The molecule has 2 aromatic carbocycles. The van der Waals surface area contributed by atoms with Gasteiger partial charge in [0.05, 0.1) is 0 Å². The monoisotopic (exact) mass is 458 g/mol. The van der Waals surface area contributed by atoms with E-state index in [1.807, 2.05) is 0 Å². The van der Waals surface area contributed by atoms with Crippen molar-refractivity contribution in [2.45, 2.75) is 66.2 Å². The fraction of sp³-hybridized carbons (Fsp3) is 0.455. The first-order valence-electron chi connectivity index (χ1n) is 8.95. The molecule has 0 saturated carbocycles. The third-order valence-electron chi connectivity index (χ3n) is 4.31. The minimum atomic E-state index is -5.39. The molecule has 150 valence electrons. The van der Waals surface area contributed by atoms with Crippen LogP contribution in [0.3, 0.4) is 0 Å². The van der Waals surface area contributed by atoms with E-state index >= 15 is 0 Å². The van der Waals surface area contributed by atoms with Gasteiger partial charge < -0.3 is 19.2 Å². The Morgan fingerprint density at radius 3 is 1.53 bits per heavy atom. The van der Waals surface area contributed by atoms with Crippen molar-refractivity contribution < 1.29 is 108 Å². The zero-order chi connectivity index (χ0) is 21.2. The topological polar surface area (TPSA) is 86.2 Å². The standard InChI is InChI=1S/C22H30.3Na.H3O4P/c1-15-11-18(14-19(12-15)21(3,4)5)17-9-10-20(16(2)13-17)22(6,7)8;;;;1-5(2,3)4/h9-14H,1-8H3;;;;(H3,1,2,3,4)/q;3*+1;/p-3. The Hall–Kier alpha value is 1.55. The third kappa shape index (κ3) is 13.3. The second-order valence-corrected chi connectivity index (χ2v) is 9.96. The molecule has 0 aromatic heterocycles. The first kappa shape index (κ1) is 36.1. The van der Waals surface area contributed by atoms with Crippen LogP contribution in [0.1, 0.15) is 63.8 Å². The van der Waals surface area contributed by atoms with Crippen molar-refractivity contribution in [2.24, 2.45) is 0 Å². The van der Waals surface area contributed by atoms with E-state index in [-0.39, 0.29) is 99.5 Å². The molecule has 0 aliphatic carbocycles. The molecule has 2 rings (SSSR count). The molecule has 0 amide bonds. The van der Waals surface area contributed by atoms with Gasteiger partial charge >= 0.3 is 88.7 Å². The molecule has 8 heteroatoms. The Morgan fingerprint density at radius 1 is 0.700 bits per heavy atom. The molecule has 0 N–H and O–H groups in total. The largest absolute Gasteiger partial charge is 1.00 e. The van der Waals surface area contributed by atoms with E-state index in [4.69, 9.17) is 19.2 Å². The van der Waals surface area contributed by atoms with E-state index in [0.717, 1.165) is 0 Å². The first-order chi connectivity index (χ1) is 12.0. The summed E-state index contributed by atoms with van der Waals surface area (Å²) in [5.41, 5.74) is 8.57. The molecule has 4 nitrogen and oxygen atoms in total. The van der Waals surface area contributed by atoms with Crippen molar-refractivity contribution in [1.29, 1.82) is 0 Å². The van der Waals surface area contributed by atoms with Gasteiger partial charge in [-0.1, -0.05) is 83.5 Å². The van der Waals surface area contributed by atoms with E-state index < -0.39 is 7.82 Å². The summed E-state index contributed by atoms with van der Waals surface area (Å²) in [4.78, 5) is 25.6. The van der Waals surface area contributed by atoms with Gasteiger partial charge in [-0.05, 0) is 52.5 Å². The smallest absolute Gasteiger partial charge is 0.822 e. The van der Waals surface area contributed by atoms with Crippen LogP contribution in [0.5, 0.6) is 0 Å². The number of aryl methyl sites for hydroxylation is 2. The molecule has 0 bridgehead atoms. The minimum Gasteiger partial charge on any atom is -0.822 e. The Labute approximate surface area is 248 Å². The van der Waals surface area contributed by atoms with Crippen LogP contribution in [0.2, 0.25) is 0 Å². The molecule has 2 aromatic rings. The van der Waals surface area contributed by atoms with Gasteiger partial charge in [0, 0.05) is 0 Å². The van der Waals surface area contributed by atoms with Gasteiger partial charge in [0.2, 0.25) is 0 Å². The van der Waals surface area contributed by atoms with Crippen molar-refractivity contribution in [3.8, 4) is 11.1 Å². The van der Waals surface area contributed by atoms with Crippen molar-refractivity contribution in [3.05, 3.63) is 58.7 Å². The van der Waals surface area contributed by atoms with E-state index in [0.29, 0.717) is 0 Å². The Morgan fingerprint density at radius 2 is 1.17 bits per heavy atom. The average molecular weight is 458 g/mol. The van der Waals surface area contributed by atoms with Gasteiger partial charge in [0.15, 0.2) is 0 Å². The SMILES string of the molecule is Cc1cc(-c2ccc(C(C)(C)C)c(C)c2)cc(C(C)(C)C)c1.O=P([O-])([O-])[O-].[Na+].[Na+].[Na+]. The Bertz CT molecular complexity index is 842. The van der Waals surface area contributed by atoms with Gasteiger partial charge in [0.25, 0.3) is 0 Å². The minimum absolute atomic E-state index is 0. The van der Waals surface area contributed by atoms with Crippen LogP contribution in [-0.2, 0) is 15.4 Å². The molecule has 0 aliphatic heterocycles. The van der Waals surface area contributed by atoms with Crippen LogP contribution in [0, 0.1) is 13.8 Å². The molecule has 0 unspecified atom stereocenters.